The molecule has 3 rings (SSSR count). The maximum Gasteiger partial charge on any atom is 0.335 e. The average molecular weight is 394 g/mol. The molecule has 27 heavy (non-hydrogen) atoms. The summed E-state index contributed by atoms with van der Waals surface area (Å²) in [5.41, 5.74) is 0.483. The second-order valence-electron chi connectivity index (χ2n) is 7.50. The van der Waals surface area contributed by atoms with Crippen molar-refractivity contribution in [2.24, 2.45) is 5.92 Å². The molecule has 0 spiro atoms. The van der Waals surface area contributed by atoms with E-state index in [0.29, 0.717) is 24.8 Å². The molecule has 2 N–H and O–H groups in total. The normalized spacial score (nSPS) is 23.4. The van der Waals surface area contributed by atoms with E-state index < -0.39 is 16.0 Å². The van der Waals surface area contributed by atoms with Gasteiger partial charge in [-0.05, 0) is 69.2 Å². The molecule has 2 atom stereocenters. The Morgan fingerprint density at radius 2 is 1.85 bits per heavy atom. The summed E-state index contributed by atoms with van der Waals surface area (Å²) in [6, 6.07) is 3.72. The lowest BCUT2D eigenvalue weighted by Crippen LogP contribution is -2.40. The van der Waals surface area contributed by atoms with Crippen molar-refractivity contribution >= 4 is 21.9 Å². The predicted molar refractivity (Wildman–Crippen MR) is 100 cm³/mol. The highest BCUT2D eigenvalue weighted by Crippen LogP contribution is 2.29. The van der Waals surface area contributed by atoms with Gasteiger partial charge in [0.05, 0.1) is 10.5 Å². The lowest BCUT2D eigenvalue weighted by Gasteiger charge is -2.29. The fourth-order valence-electron chi connectivity index (χ4n) is 4.02. The van der Waals surface area contributed by atoms with Crippen molar-refractivity contribution in [1.82, 2.24) is 9.62 Å². The number of likely N-dealkylation sites (tertiary alicyclic amines) is 1. The molecule has 1 heterocycles. The minimum atomic E-state index is -3.75. The Morgan fingerprint density at radius 1 is 1.15 bits per heavy atom. The molecule has 1 aliphatic carbocycles. The topological polar surface area (TPSA) is 104 Å². The van der Waals surface area contributed by atoms with E-state index in [4.69, 9.17) is 5.11 Å². The van der Waals surface area contributed by atoms with Crippen LogP contribution in [0, 0.1) is 12.8 Å². The van der Waals surface area contributed by atoms with Gasteiger partial charge in [0, 0.05) is 25.0 Å². The highest BCUT2D eigenvalue weighted by atomic mass is 32.2. The smallest absolute Gasteiger partial charge is 0.335 e. The fraction of sp³-hybridized carbons (Fsp3) is 0.579. The molecule has 0 aromatic heterocycles. The van der Waals surface area contributed by atoms with E-state index in [-0.39, 0.29) is 28.3 Å². The molecule has 1 amide bonds. The van der Waals surface area contributed by atoms with Crippen LogP contribution in [0.25, 0.3) is 0 Å². The summed E-state index contributed by atoms with van der Waals surface area (Å²) in [6.45, 7) is 3.19. The lowest BCUT2D eigenvalue weighted by atomic mass is 10.0. The number of carbonyl (C=O) groups excluding carboxylic acids is 1. The van der Waals surface area contributed by atoms with E-state index in [9.17, 15) is 18.0 Å². The number of aryl methyl sites for hydroxylation is 1. The molecule has 0 radical (unpaired) electrons. The summed E-state index contributed by atoms with van der Waals surface area (Å²) in [7, 11) is -3.75. The lowest BCUT2D eigenvalue weighted by molar-refractivity contribution is -0.136. The molecule has 0 unspecified atom stereocenters. The van der Waals surface area contributed by atoms with Crippen LogP contribution in [-0.2, 0) is 14.8 Å². The second-order valence-corrected chi connectivity index (χ2v) is 9.21. The Kier molecular flexibility index (Phi) is 5.86. The number of amides is 1. The number of carboxylic acids is 1. The van der Waals surface area contributed by atoms with E-state index in [1.54, 1.807) is 6.92 Å². The number of aromatic carboxylic acids is 1. The first-order chi connectivity index (χ1) is 12.8. The van der Waals surface area contributed by atoms with Crippen LogP contribution in [0.5, 0.6) is 0 Å². The van der Waals surface area contributed by atoms with E-state index in [0.717, 1.165) is 32.4 Å². The summed E-state index contributed by atoms with van der Waals surface area (Å²) < 4.78 is 28.0. The molecule has 7 nitrogen and oxygen atoms in total. The zero-order valence-corrected chi connectivity index (χ0v) is 16.3. The number of carboxylic acid groups (broad SMARTS) is 1. The number of carbonyl (C=O) groups is 2. The molecule has 1 saturated carbocycles. The molecule has 1 saturated heterocycles. The van der Waals surface area contributed by atoms with Crippen LogP contribution in [-0.4, -0.2) is 49.4 Å². The van der Waals surface area contributed by atoms with E-state index >= 15 is 0 Å². The number of benzene rings is 1. The van der Waals surface area contributed by atoms with E-state index in [2.05, 4.69) is 4.72 Å². The van der Waals surface area contributed by atoms with Crippen LogP contribution < -0.4 is 4.72 Å². The highest BCUT2D eigenvalue weighted by Gasteiger charge is 2.35. The van der Waals surface area contributed by atoms with Gasteiger partial charge in [0.1, 0.15) is 0 Å². The number of rotatable bonds is 5. The third kappa shape index (κ3) is 4.50. The van der Waals surface area contributed by atoms with Gasteiger partial charge in [-0.3, -0.25) is 4.79 Å². The van der Waals surface area contributed by atoms with Crippen LogP contribution in [0.2, 0.25) is 0 Å². The van der Waals surface area contributed by atoms with Crippen LogP contribution >= 0.6 is 0 Å². The molecule has 1 aromatic rings. The summed E-state index contributed by atoms with van der Waals surface area (Å²) in [5.74, 6) is -1.05. The Bertz CT molecular complexity index is 831. The molecule has 1 aromatic carbocycles. The summed E-state index contributed by atoms with van der Waals surface area (Å²) in [4.78, 5) is 25.7. The average Bonchev–Trinajstić information content (AvgIpc) is 3.09. The predicted octanol–water partition coefficient (Wildman–Crippen LogP) is 2.15. The first-order valence-electron chi connectivity index (χ1n) is 9.43. The number of nitrogens with one attached hydrogen (secondary N) is 1. The standard InChI is InChI=1S/C19H26N2O5S/c1-13-11-16(7-8-17(13)19(23)24)27(25,26)20-15-6-5-14(12-15)18(22)21-9-3-2-4-10-21/h7-8,11,14-15,20H,2-6,9-10,12H2,1H3,(H,23,24)/t14-,15+/m1/s1. The number of hydrogen-bond acceptors (Lipinski definition) is 4. The van der Waals surface area contributed by atoms with Crippen molar-refractivity contribution in [1.29, 1.82) is 0 Å². The molecule has 2 fully saturated rings. The maximum atomic E-state index is 12.6. The summed E-state index contributed by atoms with van der Waals surface area (Å²) >= 11 is 0. The maximum absolute atomic E-state index is 12.6. The fourth-order valence-corrected chi connectivity index (χ4v) is 5.38. The minimum absolute atomic E-state index is 0.0517. The van der Waals surface area contributed by atoms with Crippen molar-refractivity contribution in [3.8, 4) is 0 Å². The SMILES string of the molecule is Cc1cc(S(=O)(=O)N[C@H]2CC[C@@H](C(=O)N3CCCCC3)C2)ccc1C(=O)O. The van der Waals surface area contributed by atoms with E-state index in [1.165, 1.54) is 18.2 Å². The van der Waals surface area contributed by atoms with E-state index in [1.807, 2.05) is 4.90 Å². The zero-order chi connectivity index (χ0) is 19.6. The van der Waals surface area contributed by atoms with Crippen LogP contribution in [0.1, 0.15) is 54.4 Å². The summed E-state index contributed by atoms with van der Waals surface area (Å²) in [5, 5.41) is 9.08. The van der Waals surface area contributed by atoms with Gasteiger partial charge in [-0.15, -0.1) is 0 Å². The van der Waals surface area contributed by atoms with Gasteiger partial charge in [0.2, 0.25) is 15.9 Å². The first-order valence-corrected chi connectivity index (χ1v) is 10.9. The molecule has 2 aliphatic rings. The van der Waals surface area contributed by atoms with Crippen molar-refractivity contribution < 1.29 is 23.1 Å². The Hall–Kier alpha value is -1.93. The third-order valence-electron chi connectivity index (χ3n) is 5.51. The third-order valence-corrected chi connectivity index (χ3v) is 7.03. The largest absolute Gasteiger partial charge is 0.478 e. The van der Waals surface area contributed by atoms with Gasteiger partial charge < -0.3 is 10.0 Å². The number of nitrogens with zero attached hydrogens (tertiary/aromatic N) is 1. The van der Waals surface area contributed by atoms with Crippen LogP contribution in [0.3, 0.4) is 0 Å². The van der Waals surface area contributed by atoms with Gasteiger partial charge in [-0.1, -0.05) is 0 Å². The number of piperidine rings is 1. The quantitative estimate of drug-likeness (QED) is 0.796. The van der Waals surface area contributed by atoms with Crippen LogP contribution in [0.4, 0.5) is 0 Å². The van der Waals surface area contributed by atoms with Gasteiger partial charge in [0.25, 0.3) is 0 Å². The van der Waals surface area contributed by atoms with Gasteiger partial charge in [0.15, 0.2) is 0 Å². The summed E-state index contributed by atoms with van der Waals surface area (Å²) in [6.07, 6.45) is 5.09. The molecular weight excluding hydrogens is 368 g/mol. The number of hydrogen-bond donors (Lipinski definition) is 2. The molecular formula is C19H26N2O5S. The van der Waals surface area contributed by atoms with Crippen molar-refractivity contribution in [2.45, 2.75) is 56.4 Å². The van der Waals surface area contributed by atoms with Gasteiger partial charge >= 0.3 is 5.97 Å². The molecule has 148 valence electrons. The van der Waals surface area contributed by atoms with Crippen molar-refractivity contribution in [3.05, 3.63) is 29.3 Å². The molecule has 8 heteroatoms. The minimum Gasteiger partial charge on any atom is -0.478 e. The highest BCUT2D eigenvalue weighted by molar-refractivity contribution is 7.89. The Balaban J connectivity index is 1.64. The van der Waals surface area contributed by atoms with Gasteiger partial charge in [-0.25, -0.2) is 17.9 Å². The Labute approximate surface area is 159 Å². The molecule has 1 aliphatic heterocycles. The zero-order valence-electron chi connectivity index (χ0n) is 15.5. The first kappa shape index (κ1) is 19.8. The van der Waals surface area contributed by atoms with Crippen molar-refractivity contribution in [3.63, 3.8) is 0 Å². The second kappa shape index (κ2) is 7.98. The Morgan fingerprint density at radius 3 is 2.48 bits per heavy atom. The number of sulfonamides is 1. The molecule has 0 bridgehead atoms. The van der Waals surface area contributed by atoms with Crippen LogP contribution in [0.15, 0.2) is 23.1 Å². The van der Waals surface area contributed by atoms with Crippen molar-refractivity contribution in [2.75, 3.05) is 13.1 Å². The van der Waals surface area contributed by atoms with Gasteiger partial charge in [-0.2, -0.15) is 0 Å². The monoisotopic (exact) mass is 394 g/mol.